The summed E-state index contributed by atoms with van der Waals surface area (Å²) >= 11 is 5.91. The summed E-state index contributed by atoms with van der Waals surface area (Å²) in [4.78, 5) is 3.81. The molecule has 0 bridgehead atoms. The topological polar surface area (TPSA) is 50.9 Å². The molecule has 3 N–H and O–H groups in total. The van der Waals surface area contributed by atoms with Crippen LogP contribution >= 0.6 is 11.6 Å². The molecule has 0 amide bonds. The van der Waals surface area contributed by atoms with Gasteiger partial charge in [-0.3, -0.25) is 0 Å². The summed E-state index contributed by atoms with van der Waals surface area (Å²) in [6.07, 6.45) is 2.07. The normalized spacial score (nSPS) is 18.5. The first-order valence-electron chi connectivity index (χ1n) is 7.11. The molecule has 1 aliphatic rings. The molecule has 2 rings (SSSR count). The van der Waals surface area contributed by atoms with Gasteiger partial charge >= 0.3 is 6.18 Å². The van der Waals surface area contributed by atoms with E-state index >= 15 is 0 Å². The molecule has 1 saturated carbocycles. The van der Waals surface area contributed by atoms with Gasteiger partial charge < -0.3 is 11.1 Å². The highest BCUT2D eigenvalue weighted by molar-refractivity contribution is 6.33. The molecular formula is C14H19ClF3N3. The van der Waals surface area contributed by atoms with Gasteiger partial charge in [-0.1, -0.05) is 30.9 Å². The minimum absolute atomic E-state index is 0.00737. The highest BCUT2D eigenvalue weighted by atomic mass is 35.5. The summed E-state index contributed by atoms with van der Waals surface area (Å²) in [5, 5.41) is 3.08. The molecule has 3 nitrogen and oxygen atoms in total. The smallest absolute Gasteiger partial charge is 0.365 e. The molecule has 1 atom stereocenters. The maximum absolute atomic E-state index is 12.6. The molecule has 118 valence electrons. The highest BCUT2D eigenvalue weighted by Gasteiger charge is 2.32. The Kier molecular flexibility index (Phi) is 5.32. The molecule has 1 fully saturated rings. The first-order valence-corrected chi connectivity index (χ1v) is 7.49. The molecule has 1 aliphatic carbocycles. The monoisotopic (exact) mass is 321 g/mol. The summed E-state index contributed by atoms with van der Waals surface area (Å²) in [6.45, 7) is 0.406. The van der Waals surface area contributed by atoms with Crippen LogP contribution < -0.4 is 11.1 Å². The third-order valence-electron chi connectivity index (χ3n) is 3.96. The van der Waals surface area contributed by atoms with E-state index in [1.165, 1.54) is 6.42 Å². The number of hydrogen-bond acceptors (Lipinski definition) is 3. The summed E-state index contributed by atoms with van der Waals surface area (Å²) in [6, 6.07) is 0.887. The Morgan fingerprint density at radius 3 is 2.52 bits per heavy atom. The number of nitrogens with zero attached hydrogens (tertiary/aromatic N) is 1. The van der Waals surface area contributed by atoms with E-state index in [1.54, 1.807) is 0 Å². The number of nitrogens with two attached hydrogens (primary N) is 1. The summed E-state index contributed by atoms with van der Waals surface area (Å²) in [7, 11) is 0. The highest BCUT2D eigenvalue weighted by Crippen LogP contribution is 2.33. The molecule has 0 aromatic carbocycles. The van der Waals surface area contributed by atoms with E-state index in [9.17, 15) is 13.2 Å². The van der Waals surface area contributed by atoms with Crippen molar-refractivity contribution in [2.75, 3.05) is 11.9 Å². The maximum Gasteiger partial charge on any atom is 0.417 e. The van der Waals surface area contributed by atoms with Crippen LogP contribution in [0.25, 0.3) is 0 Å². The van der Waals surface area contributed by atoms with Crippen LogP contribution in [0.1, 0.15) is 37.7 Å². The molecular weight excluding hydrogens is 303 g/mol. The van der Waals surface area contributed by atoms with Gasteiger partial charge in [-0.05, 0) is 24.8 Å². The lowest BCUT2D eigenvalue weighted by Crippen LogP contribution is -2.37. The van der Waals surface area contributed by atoms with E-state index in [4.69, 9.17) is 17.3 Å². The lowest BCUT2D eigenvalue weighted by molar-refractivity contribution is -0.137. The molecule has 0 spiro atoms. The summed E-state index contributed by atoms with van der Waals surface area (Å²) in [5.74, 6) is 0.689. The van der Waals surface area contributed by atoms with Crippen molar-refractivity contribution in [1.29, 1.82) is 0 Å². The Bertz CT molecular complexity index is 473. The fourth-order valence-corrected chi connectivity index (χ4v) is 3.00. The van der Waals surface area contributed by atoms with Crippen molar-refractivity contribution in [3.05, 3.63) is 22.8 Å². The Balaban J connectivity index is 2.10. The van der Waals surface area contributed by atoms with E-state index in [1.807, 2.05) is 0 Å². The predicted octanol–water partition coefficient (Wildman–Crippen LogP) is 4.07. The molecule has 1 heterocycles. The summed E-state index contributed by atoms with van der Waals surface area (Å²) in [5.41, 5.74) is 4.94. The van der Waals surface area contributed by atoms with Crippen LogP contribution in [-0.2, 0) is 6.18 Å². The van der Waals surface area contributed by atoms with Crippen LogP contribution in [0.2, 0.25) is 5.02 Å². The number of nitrogens with one attached hydrogen (secondary N) is 1. The maximum atomic E-state index is 12.6. The third-order valence-corrected chi connectivity index (χ3v) is 4.25. The lowest BCUT2D eigenvalue weighted by Gasteiger charge is -2.30. The minimum atomic E-state index is -4.44. The fourth-order valence-electron chi connectivity index (χ4n) is 2.78. The second-order valence-corrected chi connectivity index (χ2v) is 5.84. The third kappa shape index (κ3) is 4.23. The SMILES string of the molecule is NCC(Nc1ncc(C(F)(F)F)cc1Cl)C1CCCCC1. The van der Waals surface area contributed by atoms with Gasteiger partial charge in [-0.2, -0.15) is 13.2 Å². The lowest BCUT2D eigenvalue weighted by atomic mass is 9.84. The minimum Gasteiger partial charge on any atom is -0.365 e. The first-order chi connectivity index (χ1) is 9.91. The van der Waals surface area contributed by atoms with Gasteiger partial charge in [-0.15, -0.1) is 0 Å². The van der Waals surface area contributed by atoms with Gasteiger partial charge in [0.05, 0.1) is 10.6 Å². The Hall–Kier alpha value is -1.01. The number of anilines is 1. The zero-order valence-corrected chi connectivity index (χ0v) is 12.3. The molecule has 0 aliphatic heterocycles. The quantitative estimate of drug-likeness (QED) is 0.878. The average molecular weight is 322 g/mol. The molecule has 0 saturated heterocycles. The number of aromatic nitrogens is 1. The van der Waals surface area contributed by atoms with E-state index in [-0.39, 0.29) is 16.9 Å². The number of rotatable bonds is 4. The molecule has 1 aromatic rings. The van der Waals surface area contributed by atoms with Crippen LogP contribution in [0, 0.1) is 5.92 Å². The average Bonchev–Trinajstić information content (AvgIpc) is 2.46. The number of pyridine rings is 1. The van der Waals surface area contributed by atoms with Gasteiger partial charge in [-0.25, -0.2) is 4.98 Å². The van der Waals surface area contributed by atoms with Crippen molar-refractivity contribution in [3.63, 3.8) is 0 Å². The van der Waals surface area contributed by atoms with Crippen LogP contribution in [0.3, 0.4) is 0 Å². The van der Waals surface area contributed by atoms with Crippen molar-refractivity contribution in [1.82, 2.24) is 4.98 Å². The van der Waals surface area contributed by atoms with Crippen LogP contribution in [-0.4, -0.2) is 17.6 Å². The Morgan fingerprint density at radius 1 is 1.33 bits per heavy atom. The second kappa shape index (κ2) is 6.83. The van der Waals surface area contributed by atoms with Gasteiger partial charge in [0.1, 0.15) is 5.82 Å². The zero-order chi connectivity index (χ0) is 15.5. The first kappa shape index (κ1) is 16.4. The molecule has 0 radical (unpaired) electrons. The van der Waals surface area contributed by atoms with Crippen molar-refractivity contribution in [3.8, 4) is 0 Å². The number of hydrogen-bond donors (Lipinski definition) is 2. The number of halogens is 4. The second-order valence-electron chi connectivity index (χ2n) is 5.44. The van der Waals surface area contributed by atoms with Crippen molar-refractivity contribution in [2.45, 2.75) is 44.3 Å². The zero-order valence-electron chi connectivity index (χ0n) is 11.6. The number of alkyl halides is 3. The standard InChI is InChI=1S/C14H19ClF3N3/c15-11-6-10(14(16,17)18)8-20-13(11)21-12(7-19)9-4-2-1-3-5-9/h6,8-9,12H,1-5,7,19H2,(H,20,21). The van der Waals surface area contributed by atoms with E-state index < -0.39 is 11.7 Å². The largest absolute Gasteiger partial charge is 0.417 e. The Labute approximate surface area is 127 Å². The fraction of sp³-hybridized carbons (Fsp3) is 0.643. The van der Waals surface area contributed by atoms with Crippen LogP contribution in [0.4, 0.5) is 19.0 Å². The van der Waals surface area contributed by atoms with Gasteiger partial charge in [0, 0.05) is 18.8 Å². The molecule has 7 heteroatoms. The van der Waals surface area contributed by atoms with Crippen LogP contribution in [0.5, 0.6) is 0 Å². The van der Waals surface area contributed by atoms with E-state index in [0.29, 0.717) is 12.5 Å². The van der Waals surface area contributed by atoms with Gasteiger partial charge in [0.25, 0.3) is 0 Å². The predicted molar refractivity (Wildman–Crippen MR) is 77.3 cm³/mol. The van der Waals surface area contributed by atoms with E-state index in [2.05, 4.69) is 10.3 Å². The van der Waals surface area contributed by atoms with Crippen LogP contribution in [0.15, 0.2) is 12.3 Å². The van der Waals surface area contributed by atoms with Crippen molar-refractivity contribution in [2.24, 2.45) is 11.7 Å². The molecule has 1 unspecified atom stereocenters. The molecule has 1 aromatic heterocycles. The van der Waals surface area contributed by atoms with Gasteiger partial charge in [0.15, 0.2) is 0 Å². The molecule has 21 heavy (non-hydrogen) atoms. The van der Waals surface area contributed by atoms with Crippen molar-refractivity contribution < 1.29 is 13.2 Å². The van der Waals surface area contributed by atoms with E-state index in [0.717, 1.165) is 37.9 Å². The van der Waals surface area contributed by atoms with Crippen molar-refractivity contribution >= 4 is 17.4 Å². The van der Waals surface area contributed by atoms with Gasteiger partial charge in [0.2, 0.25) is 0 Å². The summed E-state index contributed by atoms with van der Waals surface area (Å²) < 4.78 is 37.7. The Morgan fingerprint density at radius 2 is 2.00 bits per heavy atom.